The molecule has 1 aromatic heterocycles. The topological polar surface area (TPSA) is 31.4 Å². The fourth-order valence-corrected chi connectivity index (χ4v) is 1.61. The fraction of sp³-hybridized carbons (Fsp3) is 0.583. The first kappa shape index (κ1) is 10.0. The number of hydrogen-bond acceptors (Lipinski definition) is 3. The van der Waals surface area contributed by atoms with E-state index in [1.54, 1.807) is 0 Å². The van der Waals surface area contributed by atoms with Gasteiger partial charge in [0.2, 0.25) is 0 Å². The highest BCUT2D eigenvalue weighted by molar-refractivity contribution is 6.61. The minimum atomic E-state index is -0.891. The molecule has 5 heteroatoms. The van der Waals surface area contributed by atoms with Crippen LogP contribution < -0.4 is 5.59 Å². The van der Waals surface area contributed by atoms with E-state index in [1.807, 2.05) is 27.7 Å². The van der Waals surface area contributed by atoms with Gasteiger partial charge in [-0.2, -0.15) is 0 Å². The Morgan fingerprint density at radius 1 is 1.24 bits per heavy atom. The van der Waals surface area contributed by atoms with Crippen LogP contribution in [-0.2, 0) is 9.31 Å². The van der Waals surface area contributed by atoms with Crippen LogP contribution in [0.2, 0.25) is 0 Å². The van der Waals surface area contributed by atoms with Crippen LogP contribution in [0, 0.1) is 12.7 Å². The molecule has 1 fully saturated rings. The van der Waals surface area contributed by atoms with Crippen LogP contribution in [-0.4, -0.2) is 23.3 Å². The largest absolute Gasteiger partial charge is 0.514 e. The predicted octanol–water partition coefficient (Wildman–Crippen LogP) is 1.83. The summed E-state index contributed by atoms with van der Waals surface area (Å²) in [6, 6.07) is -0.792. The lowest BCUT2D eigenvalue weighted by Gasteiger charge is -2.32. The zero-order chi connectivity index (χ0) is 14.6. The quantitative estimate of drug-likeness (QED) is 0.700. The van der Waals surface area contributed by atoms with E-state index in [0.717, 1.165) is 0 Å². The maximum atomic E-state index is 13.8. The highest BCUT2D eigenvalue weighted by atomic mass is 19.1. The van der Waals surface area contributed by atoms with E-state index in [4.69, 9.17) is 12.1 Å². The molecule has 0 N–H and O–H groups in total. The molecule has 2 heterocycles. The number of halogens is 1. The Balaban J connectivity index is 2.46. The number of nitrogens with zero attached hydrogens (tertiary/aromatic N) is 1. The maximum Gasteiger partial charge on any atom is 0.514 e. The van der Waals surface area contributed by atoms with Gasteiger partial charge in [0.25, 0.3) is 0 Å². The van der Waals surface area contributed by atoms with Crippen molar-refractivity contribution in [3.05, 3.63) is 23.6 Å². The van der Waals surface area contributed by atoms with Gasteiger partial charge in [0, 0.05) is 5.69 Å². The summed E-state index contributed by atoms with van der Waals surface area (Å²) >= 11 is 0. The molecule has 2 rings (SSSR count). The van der Waals surface area contributed by atoms with Crippen LogP contribution in [0.4, 0.5) is 4.39 Å². The Labute approximate surface area is 104 Å². The molecule has 1 aliphatic heterocycles. The van der Waals surface area contributed by atoms with Gasteiger partial charge in [-0.1, -0.05) is 0 Å². The highest BCUT2D eigenvalue weighted by Crippen LogP contribution is 2.36. The molecule has 0 amide bonds. The smallest absolute Gasteiger partial charge is 0.398 e. The molecule has 0 unspecified atom stereocenters. The minimum absolute atomic E-state index is 0.0876. The lowest BCUT2D eigenvalue weighted by atomic mass is 9.84. The minimum Gasteiger partial charge on any atom is -0.398 e. The zero-order valence-corrected chi connectivity index (χ0v) is 10.7. The van der Waals surface area contributed by atoms with Gasteiger partial charge < -0.3 is 9.31 Å². The summed E-state index contributed by atoms with van der Waals surface area (Å²) in [6.45, 7) is 9.02. The molecule has 1 aromatic rings. The number of rotatable bonds is 1. The van der Waals surface area contributed by atoms with Crippen molar-refractivity contribution in [3.63, 3.8) is 0 Å². The summed E-state index contributed by atoms with van der Waals surface area (Å²) in [5.74, 6) is -0.891. The first-order chi connectivity index (χ1) is 8.57. The Kier molecular flexibility index (Phi) is 2.23. The molecule has 0 radical (unpaired) electrons. The molecular weight excluding hydrogens is 220 g/mol. The van der Waals surface area contributed by atoms with Crippen molar-refractivity contribution < 1.29 is 16.4 Å². The highest BCUT2D eigenvalue weighted by Gasteiger charge is 2.52. The molecule has 0 atom stereocenters. The van der Waals surface area contributed by atoms with Gasteiger partial charge >= 0.3 is 7.12 Å². The molecule has 0 spiro atoms. The lowest BCUT2D eigenvalue weighted by Crippen LogP contribution is -2.41. The predicted molar refractivity (Wildman–Crippen MR) is 64.6 cm³/mol. The van der Waals surface area contributed by atoms with E-state index in [1.165, 1.54) is 6.92 Å². The Morgan fingerprint density at radius 3 is 2.29 bits per heavy atom. The van der Waals surface area contributed by atoms with Crippen molar-refractivity contribution >= 4 is 12.7 Å². The Bertz CT molecular complexity index is 521. The van der Waals surface area contributed by atoms with Gasteiger partial charge in [-0.05, 0) is 46.7 Å². The number of pyridine rings is 1. The SMILES string of the molecule is [2H]c1c(C)nc(B2OC(C)(C)C(C)(C)O2)c([2H])c1F. The van der Waals surface area contributed by atoms with Gasteiger partial charge in [-0.15, -0.1) is 0 Å². The van der Waals surface area contributed by atoms with E-state index in [-0.39, 0.29) is 17.3 Å². The average Bonchev–Trinajstić information content (AvgIpc) is 2.50. The van der Waals surface area contributed by atoms with Gasteiger partial charge in [0.1, 0.15) is 5.82 Å². The number of aryl methyl sites for hydroxylation is 1. The van der Waals surface area contributed by atoms with E-state index in [9.17, 15) is 4.39 Å². The summed E-state index contributed by atoms with van der Waals surface area (Å²) < 4.78 is 40.5. The van der Waals surface area contributed by atoms with E-state index in [2.05, 4.69) is 4.98 Å². The average molecular weight is 239 g/mol. The third-order valence-electron chi connectivity index (χ3n) is 3.29. The molecule has 0 bridgehead atoms. The number of hydrogen-bond donors (Lipinski definition) is 0. The summed E-state index contributed by atoms with van der Waals surface area (Å²) in [6.07, 6.45) is 0. The van der Waals surface area contributed by atoms with E-state index >= 15 is 0 Å². The third-order valence-corrected chi connectivity index (χ3v) is 3.29. The molecule has 0 saturated carbocycles. The normalized spacial score (nSPS) is 23.5. The fourth-order valence-electron chi connectivity index (χ4n) is 1.61. The van der Waals surface area contributed by atoms with Crippen molar-refractivity contribution in [2.24, 2.45) is 0 Å². The van der Waals surface area contributed by atoms with Crippen LogP contribution in [0.15, 0.2) is 12.1 Å². The van der Waals surface area contributed by atoms with Crippen LogP contribution >= 0.6 is 0 Å². The molecule has 92 valence electrons. The van der Waals surface area contributed by atoms with E-state index in [0.29, 0.717) is 0 Å². The van der Waals surface area contributed by atoms with Gasteiger partial charge in [-0.25, -0.2) is 4.39 Å². The van der Waals surface area contributed by atoms with Crippen molar-refractivity contribution in [2.75, 3.05) is 0 Å². The summed E-state index contributed by atoms with van der Waals surface area (Å²) in [4.78, 5) is 4.08. The molecule has 0 aliphatic carbocycles. The van der Waals surface area contributed by atoms with Crippen molar-refractivity contribution in [3.8, 4) is 0 Å². The van der Waals surface area contributed by atoms with Gasteiger partial charge in [0.15, 0.2) is 0 Å². The molecule has 1 aliphatic rings. The second-order valence-electron chi connectivity index (χ2n) is 5.23. The second-order valence-corrected chi connectivity index (χ2v) is 5.23. The Hall–Kier alpha value is -0.935. The summed E-state index contributed by atoms with van der Waals surface area (Å²) in [7, 11) is -0.883. The molecular formula is C12H17BFNO2. The van der Waals surface area contributed by atoms with Crippen LogP contribution in [0.1, 0.15) is 36.1 Å². The molecule has 0 aromatic carbocycles. The monoisotopic (exact) mass is 239 g/mol. The first-order valence-corrected chi connectivity index (χ1v) is 5.55. The van der Waals surface area contributed by atoms with Gasteiger partial charge in [-0.3, -0.25) is 4.98 Å². The van der Waals surface area contributed by atoms with E-state index < -0.39 is 30.2 Å². The van der Waals surface area contributed by atoms with Crippen molar-refractivity contribution in [1.29, 1.82) is 0 Å². The molecule has 3 nitrogen and oxygen atoms in total. The van der Waals surface area contributed by atoms with Crippen LogP contribution in [0.25, 0.3) is 0 Å². The summed E-state index contributed by atoms with van der Waals surface area (Å²) in [5.41, 5.74) is -0.839. The first-order valence-electron chi connectivity index (χ1n) is 6.55. The van der Waals surface area contributed by atoms with Crippen LogP contribution in [0.3, 0.4) is 0 Å². The number of aromatic nitrogens is 1. The van der Waals surface area contributed by atoms with Crippen molar-refractivity contribution in [2.45, 2.75) is 45.8 Å². The third kappa shape index (κ3) is 2.22. The second kappa shape index (κ2) is 3.78. The van der Waals surface area contributed by atoms with Crippen molar-refractivity contribution in [1.82, 2.24) is 4.98 Å². The molecule has 17 heavy (non-hydrogen) atoms. The maximum absolute atomic E-state index is 13.8. The summed E-state index contributed by atoms with van der Waals surface area (Å²) in [5, 5.41) is 0. The molecule has 1 saturated heterocycles. The Morgan fingerprint density at radius 2 is 1.76 bits per heavy atom. The zero-order valence-electron chi connectivity index (χ0n) is 12.7. The lowest BCUT2D eigenvalue weighted by molar-refractivity contribution is 0.00578. The standard InChI is InChI=1S/C12H17BFNO2/c1-8-6-9(14)7-10(15-8)13-16-11(2,3)12(4,5)17-13/h6-7H,1-5H3/i6D,7D. The van der Waals surface area contributed by atoms with Gasteiger partial charge in [0.05, 0.1) is 19.5 Å². The van der Waals surface area contributed by atoms with Crippen LogP contribution in [0.5, 0.6) is 0 Å².